The van der Waals surface area contributed by atoms with Gasteiger partial charge < -0.3 is 0 Å². The van der Waals surface area contributed by atoms with Crippen molar-refractivity contribution in [2.75, 3.05) is 0 Å². The molecule has 1 aromatic carbocycles. The molecule has 0 saturated carbocycles. The van der Waals surface area contributed by atoms with E-state index < -0.39 is 4.92 Å². The van der Waals surface area contributed by atoms with E-state index in [4.69, 9.17) is 0 Å². The molecule has 0 aliphatic rings. The average molecular weight is 228 g/mol. The van der Waals surface area contributed by atoms with Crippen molar-refractivity contribution < 1.29 is 4.92 Å². The van der Waals surface area contributed by atoms with Crippen LogP contribution in [0.25, 0.3) is 6.08 Å². The van der Waals surface area contributed by atoms with Crippen LogP contribution in [-0.2, 0) is 0 Å². The Morgan fingerprint density at radius 1 is 1.50 bits per heavy atom. The Balaban J connectivity index is 3.03. The Morgan fingerprint density at radius 3 is 2.83 bits per heavy atom. The van der Waals surface area contributed by atoms with Gasteiger partial charge in [-0.15, -0.1) is 0 Å². The van der Waals surface area contributed by atoms with Gasteiger partial charge in [0.2, 0.25) is 0 Å². The van der Waals surface area contributed by atoms with Gasteiger partial charge in [0.25, 0.3) is 5.69 Å². The van der Waals surface area contributed by atoms with Crippen LogP contribution in [0.1, 0.15) is 5.56 Å². The van der Waals surface area contributed by atoms with Gasteiger partial charge >= 0.3 is 0 Å². The summed E-state index contributed by atoms with van der Waals surface area (Å²) in [6, 6.07) is 6.43. The highest BCUT2D eigenvalue weighted by Gasteiger charge is 2.02. The fourth-order valence-corrected chi connectivity index (χ4v) is 1.12. The van der Waals surface area contributed by atoms with Crippen LogP contribution in [-0.4, -0.2) is 4.92 Å². The van der Waals surface area contributed by atoms with E-state index in [-0.39, 0.29) is 5.69 Å². The second kappa shape index (κ2) is 4.01. The number of hydrogen-bond donors (Lipinski definition) is 0. The Kier molecular flexibility index (Phi) is 2.99. The highest BCUT2D eigenvalue weighted by atomic mass is 79.9. The maximum atomic E-state index is 10.3. The molecule has 1 rings (SSSR count). The summed E-state index contributed by atoms with van der Waals surface area (Å²) in [4.78, 5) is 11.6. The molecule has 0 aliphatic carbocycles. The number of benzene rings is 1. The summed E-state index contributed by atoms with van der Waals surface area (Å²) in [5.74, 6) is 0. The third-order valence-electron chi connectivity index (χ3n) is 1.34. The minimum absolute atomic E-state index is 0.109. The third kappa shape index (κ3) is 2.17. The van der Waals surface area contributed by atoms with Crippen molar-refractivity contribution in [1.29, 1.82) is 0 Å². The van der Waals surface area contributed by atoms with Crippen molar-refractivity contribution in [3.63, 3.8) is 0 Å². The van der Waals surface area contributed by atoms with Gasteiger partial charge in [-0.2, -0.15) is 0 Å². The van der Waals surface area contributed by atoms with Crippen molar-refractivity contribution in [1.82, 2.24) is 0 Å². The minimum Gasteiger partial charge on any atom is -0.258 e. The predicted molar refractivity (Wildman–Crippen MR) is 51.1 cm³/mol. The molecule has 0 saturated heterocycles. The number of nitro groups is 1. The molecule has 3 nitrogen and oxygen atoms in total. The number of non-ortho nitro benzene ring substituents is 1. The molecular formula is C8H6BrNO2. The highest BCUT2D eigenvalue weighted by molar-refractivity contribution is 9.11. The molecular weight excluding hydrogens is 222 g/mol. The second-order valence-corrected chi connectivity index (χ2v) is 2.67. The lowest BCUT2D eigenvalue weighted by molar-refractivity contribution is -0.384. The first-order valence-corrected chi connectivity index (χ1v) is 4.17. The maximum Gasteiger partial charge on any atom is 0.270 e. The zero-order valence-electron chi connectivity index (χ0n) is 6.11. The first-order valence-electron chi connectivity index (χ1n) is 3.25. The zero-order valence-corrected chi connectivity index (χ0v) is 7.69. The molecule has 0 aliphatic heterocycles. The topological polar surface area (TPSA) is 43.1 Å². The fraction of sp³-hybridized carbons (Fsp3) is 0. The van der Waals surface area contributed by atoms with Gasteiger partial charge in [-0.3, -0.25) is 10.1 Å². The number of halogens is 1. The Labute approximate surface area is 78.0 Å². The Bertz CT molecular complexity index is 323. The van der Waals surface area contributed by atoms with E-state index in [0.29, 0.717) is 0 Å². The maximum absolute atomic E-state index is 10.3. The number of nitro benzene ring substituents is 1. The average Bonchev–Trinajstić information content (AvgIpc) is 2.05. The first-order chi connectivity index (χ1) is 5.74. The molecule has 0 unspecified atom stereocenters. The van der Waals surface area contributed by atoms with E-state index in [1.54, 1.807) is 23.2 Å². The number of hydrogen-bond acceptors (Lipinski definition) is 2. The lowest BCUT2D eigenvalue weighted by atomic mass is 10.2. The van der Waals surface area contributed by atoms with E-state index in [9.17, 15) is 10.1 Å². The summed E-state index contributed by atoms with van der Waals surface area (Å²) >= 11 is 3.10. The van der Waals surface area contributed by atoms with Crippen LogP contribution >= 0.6 is 15.9 Å². The second-order valence-electron chi connectivity index (χ2n) is 2.14. The van der Waals surface area contributed by atoms with Crippen molar-refractivity contribution in [3.05, 3.63) is 44.9 Å². The van der Waals surface area contributed by atoms with Crippen LogP contribution in [0.5, 0.6) is 0 Å². The summed E-state index contributed by atoms with van der Waals surface area (Å²) in [6.07, 6.45) is 1.74. The van der Waals surface area contributed by atoms with Gasteiger partial charge in [-0.1, -0.05) is 28.1 Å². The van der Waals surface area contributed by atoms with Crippen LogP contribution in [0.2, 0.25) is 0 Å². The Morgan fingerprint density at radius 2 is 2.25 bits per heavy atom. The molecule has 0 N–H and O–H groups in total. The van der Waals surface area contributed by atoms with Crippen molar-refractivity contribution in [2.45, 2.75) is 0 Å². The van der Waals surface area contributed by atoms with Crippen molar-refractivity contribution in [3.8, 4) is 0 Å². The van der Waals surface area contributed by atoms with Crippen molar-refractivity contribution >= 4 is 27.7 Å². The zero-order chi connectivity index (χ0) is 8.97. The molecule has 1 aromatic rings. The van der Waals surface area contributed by atoms with E-state index in [0.717, 1.165) is 5.56 Å². The van der Waals surface area contributed by atoms with Crippen LogP contribution in [0.3, 0.4) is 0 Å². The number of rotatable bonds is 2. The molecule has 0 fully saturated rings. The van der Waals surface area contributed by atoms with Crippen LogP contribution in [0.4, 0.5) is 5.69 Å². The van der Waals surface area contributed by atoms with Gasteiger partial charge in [-0.25, -0.2) is 0 Å². The van der Waals surface area contributed by atoms with Crippen molar-refractivity contribution in [2.24, 2.45) is 0 Å². The summed E-state index contributed by atoms with van der Waals surface area (Å²) < 4.78 is 0. The molecule has 0 amide bonds. The van der Waals surface area contributed by atoms with Gasteiger partial charge in [0.1, 0.15) is 0 Å². The SMILES string of the molecule is O=[N+]([O-])c1cccc(C=CBr)c1. The van der Waals surface area contributed by atoms with Crippen LogP contribution in [0.15, 0.2) is 29.3 Å². The summed E-state index contributed by atoms with van der Waals surface area (Å²) in [6.45, 7) is 0. The molecule has 12 heavy (non-hydrogen) atoms. The van der Waals surface area contributed by atoms with Gasteiger partial charge in [0.05, 0.1) is 4.92 Å². The molecule has 0 spiro atoms. The highest BCUT2D eigenvalue weighted by Crippen LogP contribution is 2.14. The lowest BCUT2D eigenvalue weighted by Gasteiger charge is -1.92. The summed E-state index contributed by atoms with van der Waals surface area (Å²) in [7, 11) is 0. The smallest absolute Gasteiger partial charge is 0.258 e. The largest absolute Gasteiger partial charge is 0.270 e. The normalized spacial score (nSPS) is 10.4. The van der Waals surface area contributed by atoms with Gasteiger partial charge in [0.15, 0.2) is 0 Å². The minimum atomic E-state index is -0.411. The van der Waals surface area contributed by atoms with E-state index in [1.807, 2.05) is 0 Å². The summed E-state index contributed by atoms with van der Waals surface area (Å²) in [5.41, 5.74) is 0.916. The first kappa shape index (κ1) is 8.93. The molecule has 4 heteroatoms. The molecule has 0 radical (unpaired) electrons. The van der Waals surface area contributed by atoms with E-state index in [2.05, 4.69) is 15.9 Å². The molecule has 0 bridgehead atoms. The van der Waals surface area contributed by atoms with E-state index >= 15 is 0 Å². The van der Waals surface area contributed by atoms with Crippen LogP contribution < -0.4 is 0 Å². The quantitative estimate of drug-likeness (QED) is 0.576. The summed E-state index contributed by atoms with van der Waals surface area (Å²) in [5, 5.41) is 10.3. The third-order valence-corrected chi connectivity index (χ3v) is 1.60. The molecule has 0 atom stereocenters. The van der Waals surface area contributed by atoms with E-state index in [1.165, 1.54) is 12.1 Å². The number of nitrogens with zero attached hydrogens (tertiary/aromatic N) is 1. The fourth-order valence-electron chi connectivity index (χ4n) is 0.815. The molecule has 0 heterocycles. The predicted octanol–water partition coefficient (Wildman–Crippen LogP) is 2.96. The molecule has 0 aromatic heterocycles. The lowest BCUT2D eigenvalue weighted by Crippen LogP contribution is -1.87. The van der Waals surface area contributed by atoms with Crippen LogP contribution in [0, 0.1) is 10.1 Å². The molecule has 62 valence electrons. The standard InChI is InChI=1S/C8H6BrNO2/c9-5-4-7-2-1-3-8(6-7)10(11)12/h1-6H. The Hall–Kier alpha value is -1.16. The monoisotopic (exact) mass is 227 g/mol. The van der Waals surface area contributed by atoms with Gasteiger partial charge in [0, 0.05) is 12.1 Å². The van der Waals surface area contributed by atoms with Gasteiger partial charge in [-0.05, 0) is 16.6 Å².